The molecule has 2 unspecified atom stereocenters. The summed E-state index contributed by atoms with van der Waals surface area (Å²) in [6.45, 7) is 4.82. The third kappa shape index (κ3) is 7.28. The summed E-state index contributed by atoms with van der Waals surface area (Å²) in [5.74, 6) is 0.119. The van der Waals surface area contributed by atoms with Gasteiger partial charge in [0.2, 0.25) is 0 Å². The molecule has 172 valence electrons. The zero-order valence-electron chi connectivity index (χ0n) is 18.2. The van der Waals surface area contributed by atoms with E-state index in [0.29, 0.717) is 24.5 Å². The number of urea groups is 1. The van der Waals surface area contributed by atoms with Crippen LogP contribution in [0, 0.1) is 11.8 Å². The summed E-state index contributed by atoms with van der Waals surface area (Å²) in [6, 6.07) is 10.8. The fourth-order valence-corrected chi connectivity index (χ4v) is 3.69. The summed E-state index contributed by atoms with van der Waals surface area (Å²) in [5, 5.41) is 2.86. The van der Waals surface area contributed by atoms with E-state index in [4.69, 9.17) is 4.74 Å². The Morgan fingerprint density at radius 3 is 2.84 bits per heavy atom. The number of aromatic nitrogens is 1. The molecule has 2 atom stereocenters. The van der Waals surface area contributed by atoms with Crippen LogP contribution in [0.1, 0.15) is 32.3 Å². The summed E-state index contributed by atoms with van der Waals surface area (Å²) >= 11 is 0. The number of halogens is 3. The number of benzene rings is 1. The number of ether oxygens (including phenoxy) is 1. The van der Waals surface area contributed by atoms with Crippen molar-refractivity contribution in [1.82, 2.24) is 9.88 Å². The van der Waals surface area contributed by atoms with E-state index >= 15 is 0 Å². The molecule has 1 fully saturated rings. The third-order valence-corrected chi connectivity index (χ3v) is 5.32. The quantitative estimate of drug-likeness (QED) is 0.590. The average molecular weight is 448 g/mol. The number of alkyl halides is 3. The van der Waals surface area contributed by atoms with Crippen molar-refractivity contribution in [3.8, 4) is 5.75 Å². The zero-order chi connectivity index (χ0) is 23.1. The molecule has 1 saturated heterocycles. The van der Waals surface area contributed by atoms with Gasteiger partial charge >= 0.3 is 12.2 Å². The summed E-state index contributed by atoms with van der Waals surface area (Å²) in [5.41, 5.74) is 2.81. The van der Waals surface area contributed by atoms with Crippen molar-refractivity contribution in [3.63, 3.8) is 0 Å². The molecular formula is C24H28F3N3O2. The molecule has 1 aliphatic rings. The number of carbonyl (C=O) groups is 1. The van der Waals surface area contributed by atoms with E-state index < -0.39 is 18.5 Å². The molecule has 2 amide bonds. The van der Waals surface area contributed by atoms with E-state index in [1.807, 2.05) is 18.2 Å². The number of nitrogens with one attached hydrogen (secondary N) is 1. The van der Waals surface area contributed by atoms with E-state index in [2.05, 4.69) is 23.3 Å². The lowest BCUT2D eigenvalue weighted by Gasteiger charge is -2.33. The van der Waals surface area contributed by atoms with Crippen LogP contribution < -0.4 is 10.1 Å². The van der Waals surface area contributed by atoms with Crippen LogP contribution in [0.5, 0.6) is 5.75 Å². The lowest BCUT2D eigenvalue weighted by molar-refractivity contribution is -0.145. The smallest absolute Gasteiger partial charge is 0.389 e. The van der Waals surface area contributed by atoms with E-state index in [-0.39, 0.29) is 18.6 Å². The van der Waals surface area contributed by atoms with Crippen molar-refractivity contribution in [3.05, 3.63) is 59.9 Å². The molecule has 0 aliphatic carbocycles. The SMILES string of the molecule is CC(COc1cccc(/C=C2\CCN(C(=O)Nc3cccnc3)CC2C)c1)CC(F)(F)F. The molecule has 1 aliphatic heterocycles. The Labute approximate surface area is 186 Å². The fourth-order valence-electron chi connectivity index (χ4n) is 3.69. The van der Waals surface area contributed by atoms with Crippen LogP contribution in [0.3, 0.4) is 0 Å². The molecular weight excluding hydrogens is 419 g/mol. The van der Waals surface area contributed by atoms with Gasteiger partial charge in [0.25, 0.3) is 0 Å². The predicted molar refractivity (Wildman–Crippen MR) is 118 cm³/mol. The number of hydrogen-bond acceptors (Lipinski definition) is 3. The van der Waals surface area contributed by atoms with E-state index in [1.54, 1.807) is 35.5 Å². The molecule has 32 heavy (non-hydrogen) atoms. The highest BCUT2D eigenvalue weighted by Gasteiger charge is 2.30. The largest absolute Gasteiger partial charge is 0.493 e. The van der Waals surface area contributed by atoms with Gasteiger partial charge < -0.3 is 15.0 Å². The Bertz CT molecular complexity index is 932. The first-order valence-electron chi connectivity index (χ1n) is 10.7. The van der Waals surface area contributed by atoms with Gasteiger partial charge in [0.15, 0.2) is 0 Å². The molecule has 2 heterocycles. The van der Waals surface area contributed by atoms with E-state index in [1.165, 1.54) is 12.5 Å². The van der Waals surface area contributed by atoms with Crippen LogP contribution in [0.4, 0.5) is 23.7 Å². The number of hydrogen-bond donors (Lipinski definition) is 1. The lowest BCUT2D eigenvalue weighted by Crippen LogP contribution is -2.42. The molecule has 0 radical (unpaired) electrons. The zero-order valence-corrected chi connectivity index (χ0v) is 18.2. The molecule has 1 aromatic heterocycles. The van der Waals surface area contributed by atoms with Gasteiger partial charge in [-0.1, -0.05) is 37.6 Å². The van der Waals surface area contributed by atoms with Crippen molar-refractivity contribution in [1.29, 1.82) is 0 Å². The summed E-state index contributed by atoms with van der Waals surface area (Å²) in [4.78, 5) is 18.3. The van der Waals surface area contributed by atoms with Gasteiger partial charge in [0, 0.05) is 25.7 Å². The Hall–Kier alpha value is -3.03. The first-order chi connectivity index (χ1) is 15.2. The number of anilines is 1. The minimum absolute atomic E-state index is 0.0109. The summed E-state index contributed by atoms with van der Waals surface area (Å²) < 4.78 is 43.0. The monoisotopic (exact) mass is 447 g/mol. The standard InChI is InChI=1S/C24H28F3N3O2/c1-17(13-24(25,26)27)16-32-22-7-3-5-19(12-22)11-20-8-10-30(15-18(20)2)23(31)29-21-6-4-9-28-14-21/h3-7,9,11-12,14,17-18H,8,10,13,15-16H2,1-2H3,(H,29,31)/b20-11+. The maximum Gasteiger partial charge on any atom is 0.389 e. The summed E-state index contributed by atoms with van der Waals surface area (Å²) in [7, 11) is 0. The minimum Gasteiger partial charge on any atom is -0.493 e. The topological polar surface area (TPSA) is 54.5 Å². The number of piperidine rings is 1. The second-order valence-corrected chi connectivity index (χ2v) is 8.30. The van der Waals surface area contributed by atoms with Gasteiger partial charge in [-0.25, -0.2) is 4.79 Å². The molecule has 0 spiro atoms. The van der Waals surface area contributed by atoms with Crippen LogP contribution in [-0.4, -0.2) is 41.8 Å². The molecule has 3 rings (SSSR count). The van der Waals surface area contributed by atoms with Gasteiger partial charge in [-0.15, -0.1) is 0 Å². The molecule has 8 heteroatoms. The first kappa shape index (κ1) is 23.6. The van der Waals surface area contributed by atoms with Gasteiger partial charge in [-0.05, 0) is 48.1 Å². The van der Waals surface area contributed by atoms with Gasteiger partial charge in [-0.2, -0.15) is 13.2 Å². The second-order valence-electron chi connectivity index (χ2n) is 8.30. The van der Waals surface area contributed by atoms with Crippen LogP contribution in [0.2, 0.25) is 0 Å². The highest BCUT2D eigenvalue weighted by Crippen LogP contribution is 2.28. The minimum atomic E-state index is -4.19. The van der Waals surface area contributed by atoms with Crippen LogP contribution in [0.15, 0.2) is 54.4 Å². The Morgan fingerprint density at radius 2 is 2.16 bits per heavy atom. The van der Waals surface area contributed by atoms with Crippen LogP contribution >= 0.6 is 0 Å². The maximum absolute atomic E-state index is 12.5. The van der Waals surface area contributed by atoms with E-state index in [9.17, 15) is 18.0 Å². The number of amides is 2. The summed E-state index contributed by atoms with van der Waals surface area (Å²) in [6.07, 6.45) is 1.03. The van der Waals surface area contributed by atoms with Gasteiger partial charge in [0.1, 0.15) is 5.75 Å². The lowest BCUT2D eigenvalue weighted by atomic mass is 9.91. The Balaban J connectivity index is 1.56. The normalized spacial score (nSPS) is 19.0. The molecule has 1 N–H and O–H groups in total. The van der Waals surface area contributed by atoms with Gasteiger partial charge in [0.05, 0.1) is 18.5 Å². The van der Waals surface area contributed by atoms with E-state index in [0.717, 1.165) is 12.0 Å². The highest BCUT2D eigenvalue weighted by molar-refractivity contribution is 5.89. The van der Waals surface area contributed by atoms with Crippen molar-refractivity contribution >= 4 is 17.8 Å². The third-order valence-electron chi connectivity index (χ3n) is 5.32. The molecule has 0 saturated carbocycles. The predicted octanol–water partition coefficient (Wildman–Crippen LogP) is 6.01. The van der Waals surface area contributed by atoms with Gasteiger partial charge in [-0.3, -0.25) is 4.98 Å². The highest BCUT2D eigenvalue weighted by atomic mass is 19.4. The first-order valence-corrected chi connectivity index (χ1v) is 10.7. The fraction of sp³-hybridized carbons (Fsp3) is 0.417. The number of pyridine rings is 1. The van der Waals surface area contributed by atoms with Crippen molar-refractivity contribution < 1.29 is 22.7 Å². The second kappa shape index (κ2) is 10.5. The maximum atomic E-state index is 12.5. The number of rotatable bonds is 6. The Morgan fingerprint density at radius 1 is 1.34 bits per heavy atom. The Kier molecular flexibility index (Phi) is 7.77. The number of likely N-dealkylation sites (tertiary alicyclic amines) is 1. The average Bonchev–Trinajstić information content (AvgIpc) is 2.73. The van der Waals surface area contributed by atoms with Crippen LogP contribution in [0.25, 0.3) is 6.08 Å². The molecule has 0 bridgehead atoms. The van der Waals surface area contributed by atoms with Crippen molar-refractivity contribution in [2.24, 2.45) is 11.8 Å². The number of nitrogens with zero attached hydrogens (tertiary/aromatic N) is 2. The van der Waals surface area contributed by atoms with Crippen LogP contribution in [-0.2, 0) is 0 Å². The molecule has 5 nitrogen and oxygen atoms in total. The van der Waals surface area contributed by atoms with Crippen molar-refractivity contribution in [2.45, 2.75) is 32.9 Å². The molecule has 1 aromatic carbocycles. The number of carbonyl (C=O) groups excluding carboxylic acids is 1. The molecule has 2 aromatic rings. The van der Waals surface area contributed by atoms with Crippen molar-refractivity contribution in [2.75, 3.05) is 25.0 Å².